The zero-order valence-electron chi connectivity index (χ0n) is 15.9. The Morgan fingerprint density at radius 2 is 1.96 bits per heavy atom. The van der Waals surface area contributed by atoms with Crippen LogP contribution in [0.5, 0.6) is 0 Å². The molecule has 0 bridgehead atoms. The van der Waals surface area contributed by atoms with Gasteiger partial charge in [-0.15, -0.1) is 0 Å². The Kier molecular flexibility index (Phi) is 4.57. The van der Waals surface area contributed by atoms with E-state index in [1.165, 1.54) is 0 Å². The van der Waals surface area contributed by atoms with Gasteiger partial charge in [-0.2, -0.15) is 10.2 Å². The van der Waals surface area contributed by atoms with Crippen molar-refractivity contribution in [2.45, 2.75) is 26.8 Å². The number of hydrogen-bond acceptors (Lipinski definition) is 4. The van der Waals surface area contributed by atoms with E-state index in [2.05, 4.69) is 20.6 Å². The van der Waals surface area contributed by atoms with E-state index in [4.69, 9.17) is 4.42 Å². The highest BCUT2D eigenvalue weighted by Gasteiger charge is 2.16. The highest BCUT2D eigenvalue weighted by molar-refractivity contribution is 5.93. The second kappa shape index (κ2) is 7.19. The number of H-pyrrole nitrogens is 1. The molecule has 3 heterocycles. The van der Waals surface area contributed by atoms with Crippen LogP contribution in [0.3, 0.4) is 0 Å². The number of carbonyl (C=O) groups excluding carboxylic acids is 1. The number of aryl methyl sites for hydroxylation is 2. The van der Waals surface area contributed by atoms with Crippen molar-refractivity contribution in [2.75, 3.05) is 0 Å². The first-order chi connectivity index (χ1) is 13.5. The molecule has 0 aliphatic rings. The molecule has 2 N–H and O–H groups in total. The van der Waals surface area contributed by atoms with Crippen LogP contribution in [0.4, 0.5) is 0 Å². The molecule has 7 nitrogen and oxygen atoms in total. The van der Waals surface area contributed by atoms with E-state index in [1.54, 1.807) is 18.4 Å². The van der Waals surface area contributed by atoms with Crippen LogP contribution in [0, 0.1) is 13.8 Å². The lowest BCUT2D eigenvalue weighted by Crippen LogP contribution is -2.26. The lowest BCUT2D eigenvalue weighted by Gasteiger charge is -2.14. The fourth-order valence-corrected chi connectivity index (χ4v) is 3.14. The Bertz CT molecular complexity index is 1090. The van der Waals surface area contributed by atoms with E-state index in [0.717, 1.165) is 22.6 Å². The van der Waals surface area contributed by atoms with Gasteiger partial charge in [-0.3, -0.25) is 9.89 Å². The summed E-state index contributed by atoms with van der Waals surface area (Å²) in [4.78, 5) is 12.5. The minimum absolute atomic E-state index is 0.161. The topological polar surface area (TPSA) is 88.7 Å². The minimum atomic E-state index is -0.246. The molecule has 4 aromatic rings. The second-order valence-electron chi connectivity index (χ2n) is 6.77. The van der Waals surface area contributed by atoms with Crippen molar-refractivity contribution in [1.82, 2.24) is 25.3 Å². The van der Waals surface area contributed by atoms with Crippen molar-refractivity contribution in [1.29, 1.82) is 0 Å². The van der Waals surface area contributed by atoms with Crippen LogP contribution in [-0.2, 0) is 0 Å². The molecular formula is C21H21N5O2. The molecule has 7 heteroatoms. The van der Waals surface area contributed by atoms with Crippen LogP contribution in [0.2, 0.25) is 0 Å². The van der Waals surface area contributed by atoms with E-state index in [1.807, 2.05) is 61.9 Å². The lowest BCUT2D eigenvalue weighted by atomic mass is 10.1. The molecule has 4 rings (SSSR count). The molecule has 3 aromatic heterocycles. The Morgan fingerprint density at radius 3 is 2.61 bits per heavy atom. The van der Waals surface area contributed by atoms with E-state index in [0.29, 0.717) is 17.1 Å². The summed E-state index contributed by atoms with van der Waals surface area (Å²) in [6.45, 7) is 5.94. The maximum Gasteiger partial charge on any atom is 0.272 e. The number of hydrogen-bond donors (Lipinski definition) is 2. The number of furan rings is 1. The summed E-state index contributed by atoms with van der Waals surface area (Å²) in [7, 11) is 0. The molecule has 1 atom stereocenters. The summed E-state index contributed by atoms with van der Waals surface area (Å²) >= 11 is 0. The maximum atomic E-state index is 12.5. The predicted molar refractivity (Wildman–Crippen MR) is 105 cm³/mol. The van der Waals surface area contributed by atoms with Crippen LogP contribution >= 0.6 is 0 Å². The quantitative estimate of drug-likeness (QED) is 0.552. The van der Waals surface area contributed by atoms with Gasteiger partial charge in [0.2, 0.25) is 0 Å². The van der Waals surface area contributed by atoms with Crippen molar-refractivity contribution in [3.63, 3.8) is 0 Å². The molecular weight excluding hydrogens is 354 g/mol. The van der Waals surface area contributed by atoms with Gasteiger partial charge in [0.05, 0.1) is 23.7 Å². The molecule has 0 saturated heterocycles. The average molecular weight is 375 g/mol. The van der Waals surface area contributed by atoms with Crippen molar-refractivity contribution in [2.24, 2.45) is 0 Å². The zero-order valence-corrected chi connectivity index (χ0v) is 15.9. The third-order valence-corrected chi connectivity index (χ3v) is 4.59. The van der Waals surface area contributed by atoms with E-state index < -0.39 is 0 Å². The van der Waals surface area contributed by atoms with Crippen LogP contribution < -0.4 is 5.32 Å². The van der Waals surface area contributed by atoms with Crippen LogP contribution in [0.25, 0.3) is 17.1 Å². The van der Waals surface area contributed by atoms with Crippen LogP contribution in [0.15, 0.2) is 59.2 Å². The van der Waals surface area contributed by atoms with Gasteiger partial charge in [0.15, 0.2) is 11.5 Å². The van der Waals surface area contributed by atoms with Gasteiger partial charge in [0.25, 0.3) is 5.91 Å². The summed E-state index contributed by atoms with van der Waals surface area (Å²) in [5, 5.41) is 14.4. The van der Waals surface area contributed by atoms with E-state index in [-0.39, 0.29) is 11.9 Å². The first-order valence-electron chi connectivity index (χ1n) is 9.05. The summed E-state index contributed by atoms with van der Waals surface area (Å²) in [5.41, 5.74) is 5.03. The van der Waals surface area contributed by atoms with Gasteiger partial charge < -0.3 is 9.73 Å². The zero-order chi connectivity index (χ0) is 19.7. The molecule has 0 fully saturated rings. The number of aromatic nitrogens is 4. The van der Waals surface area contributed by atoms with Crippen molar-refractivity contribution in [3.8, 4) is 17.1 Å². The van der Waals surface area contributed by atoms with E-state index >= 15 is 0 Å². The number of carbonyl (C=O) groups is 1. The maximum absolute atomic E-state index is 12.5. The van der Waals surface area contributed by atoms with Gasteiger partial charge >= 0.3 is 0 Å². The third kappa shape index (κ3) is 3.46. The summed E-state index contributed by atoms with van der Waals surface area (Å²) in [6.07, 6.45) is 1.58. The van der Waals surface area contributed by atoms with Gasteiger partial charge in [-0.25, -0.2) is 4.68 Å². The molecule has 0 radical (unpaired) electrons. The molecule has 1 amide bonds. The Hall–Kier alpha value is -3.61. The fraction of sp³-hybridized carbons (Fsp3) is 0.190. The Balaban J connectivity index is 1.45. The number of nitrogens with one attached hydrogen (secondary N) is 2. The molecule has 0 spiro atoms. The molecule has 1 unspecified atom stereocenters. The highest BCUT2D eigenvalue weighted by Crippen LogP contribution is 2.20. The molecule has 28 heavy (non-hydrogen) atoms. The van der Waals surface area contributed by atoms with Crippen molar-refractivity contribution in [3.05, 3.63) is 77.4 Å². The summed E-state index contributed by atoms with van der Waals surface area (Å²) in [5.74, 6) is 0.392. The van der Waals surface area contributed by atoms with Crippen LogP contribution in [0.1, 0.15) is 40.4 Å². The van der Waals surface area contributed by atoms with Crippen molar-refractivity contribution < 1.29 is 9.21 Å². The molecule has 1 aromatic carbocycles. The first kappa shape index (κ1) is 17.8. The van der Waals surface area contributed by atoms with Crippen molar-refractivity contribution >= 4 is 5.91 Å². The molecule has 0 saturated carbocycles. The first-order valence-corrected chi connectivity index (χ1v) is 9.05. The van der Waals surface area contributed by atoms with Crippen LogP contribution in [-0.4, -0.2) is 25.9 Å². The molecule has 142 valence electrons. The number of nitrogens with zero attached hydrogens (tertiary/aromatic N) is 3. The number of amides is 1. The Labute approximate surface area is 162 Å². The summed E-state index contributed by atoms with van der Waals surface area (Å²) < 4.78 is 7.22. The minimum Gasteiger partial charge on any atom is -0.463 e. The predicted octanol–water partition coefficient (Wildman–Crippen LogP) is 3.96. The summed E-state index contributed by atoms with van der Waals surface area (Å²) in [6, 6.07) is 15.1. The monoisotopic (exact) mass is 375 g/mol. The van der Waals surface area contributed by atoms with Gasteiger partial charge in [-0.1, -0.05) is 12.1 Å². The van der Waals surface area contributed by atoms with Gasteiger partial charge in [-0.05, 0) is 56.7 Å². The second-order valence-corrected chi connectivity index (χ2v) is 6.77. The number of rotatable bonds is 5. The SMILES string of the molecule is Cc1cc(C)n(-c2ccc(C(C)NC(=O)c3cc(-c4ccco4)[nH]n3)cc2)n1. The third-order valence-electron chi connectivity index (χ3n) is 4.59. The molecule has 0 aliphatic heterocycles. The van der Waals surface area contributed by atoms with E-state index in [9.17, 15) is 4.79 Å². The average Bonchev–Trinajstić information content (AvgIpc) is 3.42. The van der Waals surface area contributed by atoms with Gasteiger partial charge in [0, 0.05) is 11.8 Å². The standard InChI is InChI=1S/C21H21N5O2/c1-13-11-14(2)26(25-13)17-8-6-16(7-9-17)15(3)22-21(27)19-12-18(23-24-19)20-5-4-10-28-20/h4-12,15H,1-3H3,(H,22,27)(H,23,24). The number of benzene rings is 1. The largest absolute Gasteiger partial charge is 0.463 e. The normalized spacial score (nSPS) is 12.1. The fourth-order valence-electron chi connectivity index (χ4n) is 3.14. The van der Waals surface area contributed by atoms with Gasteiger partial charge in [0.1, 0.15) is 5.69 Å². The Morgan fingerprint density at radius 1 is 1.18 bits per heavy atom. The molecule has 0 aliphatic carbocycles. The smallest absolute Gasteiger partial charge is 0.272 e. The highest BCUT2D eigenvalue weighted by atomic mass is 16.3. The lowest BCUT2D eigenvalue weighted by molar-refractivity contribution is 0.0935. The number of aromatic amines is 1.